The van der Waals surface area contributed by atoms with Crippen molar-refractivity contribution < 1.29 is 18.4 Å². The zero-order chi connectivity index (χ0) is 28.7. The summed E-state index contributed by atoms with van der Waals surface area (Å²) >= 11 is 12.1. The van der Waals surface area contributed by atoms with E-state index >= 15 is 0 Å². The van der Waals surface area contributed by atoms with E-state index in [4.69, 9.17) is 23.2 Å². The van der Waals surface area contributed by atoms with Gasteiger partial charge in [-0.2, -0.15) is 0 Å². The molecule has 2 aliphatic rings. The molecule has 0 spiro atoms. The summed E-state index contributed by atoms with van der Waals surface area (Å²) in [5, 5.41) is 7.13. The van der Waals surface area contributed by atoms with Gasteiger partial charge in [-0.15, -0.1) is 0 Å². The normalized spacial score (nSPS) is 22.5. The van der Waals surface area contributed by atoms with E-state index in [2.05, 4.69) is 29.7 Å². The van der Waals surface area contributed by atoms with Crippen LogP contribution in [0.25, 0.3) is 0 Å². The number of halogens is 4. The highest BCUT2D eigenvalue weighted by Crippen LogP contribution is 2.28. The van der Waals surface area contributed by atoms with E-state index in [0.29, 0.717) is 67.7 Å². The second kappa shape index (κ2) is 14.1. The first-order valence-corrected chi connectivity index (χ1v) is 14.8. The Morgan fingerprint density at radius 3 is 2.50 bits per heavy atom. The highest BCUT2D eigenvalue weighted by atomic mass is 35.5. The molecule has 2 heterocycles. The lowest BCUT2D eigenvalue weighted by atomic mass is 9.95. The number of hydrogen-bond acceptors (Lipinski definition) is 4. The van der Waals surface area contributed by atoms with Gasteiger partial charge in [-0.05, 0) is 43.0 Å². The molecule has 4 rings (SSSR count). The number of benzene rings is 2. The van der Waals surface area contributed by atoms with Gasteiger partial charge in [0, 0.05) is 69.6 Å². The summed E-state index contributed by atoms with van der Waals surface area (Å²) in [5.41, 5.74) is 1.61. The Hall–Kier alpha value is -2.26. The standard InChI is InChI=1S/C30H38Cl2F2N4O2/c1-2-21(22-6-4-3-5-7-22)20-38-15-10-24(19-35-28(39)23-8-9-25(31)26(32)18-23)36-27(29(38)40)11-14-37-16-12-30(33,34)13-17-37/h3-9,18,21,24,27,36H,2,10-17,19-20H2,1H3,(H,35,39)/t21-,24+,27+/m1/s1. The molecule has 218 valence electrons. The van der Waals surface area contributed by atoms with Crippen molar-refractivity contribution in [3.8, 4) is 0 Å². The van der Waals surface area contributed by atoms with E-state index < -0.39 is 12.0 Å². The molecule has 2 aliphatic heterocycles. The minimum Gasteiger partial charge on any atom is -0.350 e. The van der Waals surface area contributed by atoms with Gasteiger partial charge in [0.15, 0.2) is 0 Å². The lowest BCUT2D eigenvalue weighted by Gasteiger charge is -2.33. The highest BCUT2D eigenvalue weighted by Gasteiger charge is 2.36. The van der Waals surface area contributed by atoms with Crippen molar-refractivity contribution in [1.29, 1.82) is 0 Å². The predicted octanol–water partition coefficient (Wildman–Crippen LogP) is 5.60. The number of nitrogens with zero attached hydrogens (tertiary/aromatic N) is 2. The van der Waals surface area contributed by atoms with Gasteiger partial charge in [-0.3, -0.25) is 9.59 Å². The SMILES string of the molecule is CC[C@H](CN1CC[C@@H](CNC(=O)c2ccc(Cl)c(Cl)c2)N[C@@H](CCN2CCC(F)(F)CC2)C1=O)c1ccccc1. The fourth-order valence-electron chi connectivity index (χ4n) is 5.46. The topological polar surface area (TPSA) is 64.7 Å². The molecule has 0 unspecified atom stereocenters. The summed E-state index contributed by atoms with van der Waals surface area (Å²) in [6, 6.07) is 14.3. The van der Waals surface area contributed by atoms with E-state index in [-0.39, 0.29) is 36.6 Å². The van der Waals surface area contributed by atoms with Crippen molar-refractivity contribution in [3.63, 3.8) is 0 Å². The molecule has 0 bridgehead atoms. The van der Waals surface area contributed by atoms with Crippen LogP contribution in [0.2, 0.25) is 10.0 Å². The molecule has 2 saturated heterocycles. The van der Waals surface area contributed by atoms with Crippen molar-refractivity contribution in [2.45, 2.75) is 63.0 Å². The summed E-state index contributed by atoms with van der Waals surface area (Å²) in [6.07, 6.45) is 1.79. The molecule has 0 aliphatic carbocycles. The third-order valence-corrected chi connectivity index (χ3v) is 8.75. The zero-order valence-electron chi connectivity index (χ0n) is 22.9. The number of likely N-dealkylation sites (tertiary alicyclic amines) is 1. The van der Waals surface area contributed by atoms with Gasteiger partial charge in [0.2, 0.25) is 5.91 Å². The van der Waals surface area contributed by atoms with E-state index in [1.165, 1.54) is 11.6 Å². The lowest BCUT2D eigenvalue weighted by molar-refractivity contribution is -0.133. The lowest BCUT2D eigenvalue weighted by Crippen LogP contribution is -2.51. The van der Waals surface area contributed by atoms with Crippen LogP contribution < -0.4 is 10.6 Å². The second-order valence-corrected chi connectivity index (χ2v) is 11.6. The molecular formula is C30H38Cl2F2N4O2. The Labute approximate surface area is 245 Å². The third kappa shape index (κ3) is 8.38. The maximum absolute atomic E-state index is 13.8. The van der Waals surface area contributed by atoms with Crippen LogP contribution in [0.15, 0.2) is 48.5 Å². The molecule has 2 amide bonds. The fourth-order valence-corrected chi connectivity index (χ4v) is 5.76. The third-order valence-electron chi connectivity index (χ3n) is 8.01. The number of carbonyl (C=O) groups excluding carboxylic acids is 2. The molecule has 2 N–H and O–H groups in total. The van der Waals surface area contributed by atoms with Crippen LogP contribution in [0, 0.1) is 0 Å². The minimum absolute atomic E-state index is 0.0232. The van der Waals surface area contributed by atoms with Crippen LogP contribution in [0.3, 0.4) is 0 Å². The van der Waals surface area contributed by atoms with Gasteiger partial charge >= 0.3 is 0 Å². The van der Waals surface area contributed by atoms with Crippen molar-refractivity contribution in [2.24, 2.45) is 0 Å². The first-order valence-electron chi connectivity index (χ1n) is 14.1. The average Bonchev–Trinajstić information content (AvgIpc) is 3.09. The molecule has 0 saturated carbocycles. The smallest absolute Gasteiger partial charge is 0.251 e. The first-order chi connectivity index (χ1) is 19.1. The Kier molecular flexibility index (Phi) is 10.8. The van der Waals surface area contributed by atoms with Gasteiger partial charge < -0.3 is 20.4 Å². The molecule has 10 heteroatoms. The molecule has 2 aromatic rings. The van der Waals surface area contributed by atoms with E-state index in [1.54, 1.807) is 12.1 Å². The maximum Gasteiger partial charge on any atom is 0.251 e. The Balaban J connectivity index is 1.43. The number of piperidine rings is 1. The molecule has 40 heavy (non-hydrogen) atoms. The van der Waals surface area contributed by atoms with E-state index in [0.717, 1.165) is 6.42 Å². The molecule has 0 aromatic heterocycles. The summed E-state index contributed by atoms with van der Waals surface area (Å²) in [5.74, 6) is -2.64. The largest absolute Gasteiger partial charge is 0.350 e. The van der Waals surface area contributed by atoms with Crippen molar-refractivity contribution >= 4 is 35.0 Å². The van der Waals surface area contributed by atoms with Crippen LogP contribution >= 0.6 is 23.2 Å². The number of hydrogen-bond donors (Lipinski definition) is 2. The number of nitrogens with one attached hydrogen (secondary N) is 2. The van der Waals surface area contributed by atoms with Crippen LogP contribution in [-0.4, -0.2) is 78.9 Å². The molecule has 2 aromatic carbocycles. The van der Waals surface area contributed by atoms with Crippen LogP contribution in [0.5, 0.6) is 0 Å². The fraction of sp³-hybridized carbons (Fsp3) is 0.533. The minimum atomic E-state index is -2.60. The van der Waals surface area contributed by atoms with Crippen molar-refractivity contribution in [3.05, 3.63) is 69.7 Å². The molecule has 6 nitrogen and oxygen atoms in total. The van der Waals surface area contributed by atoms with Gasteiger partial charge in [0.25, 0.3) is 11.8 Å². The quantitative estimate of drug-likeness (QED) is 0.376. The van der Waals surface area contributed by atoms with Crippen molar-refractivity contribution in [2.75, 3.05) is 39.3 Å². The van der Waals surface area contributed by atoms with Gasteiger partial charge in [-0.1, -0.05) is 60.5 Å². The number of rotatable bonds is 10. The zero-order valence-corrected chi connectivity index (χ0v) is 24.4. The first kappa shape index (κ1) is 30.7. The maximum atomic E-state index is 13.8. The molecule has 2 fully saturated rings. The summed E-state index contributed by atoms with van der Waals surface area (Å²) in [6.45, 7) is 4.85. The highest BCUT2D eigenvalue weighted by molar-refractivity contribution is 6.42. The Morgan fingerprint density at radius 2 is 1.82 bits per heavy atom. The Morgan fingerprint density at radius 1 is 1.10 bits per heavy atom. The molecular weight excluding hydrogens is 557 g/mol. The van der Waals surface area contributed by atoms with Gasteiger partial charge in [0.05, 0.1) is 16.1 Å². The predicted molar refractivity (Wildman–Crippen MR) is 155 cm³/mol. The van der Waals surface area contributed by atoms with E-state index in [1.807, 2.05) is 28.0 Å². The summed E-state index contributed by atoms with van der Waals surface area (Å²) in [7, 11) is 0. The van der Waals surface area contributed by atoms with Gasteiger partial charge in [-0.25, -0.2) is 8.78 Å². The summed E-state index contributed by atoms with van der Waals surface area (Å²) < 4.78 is 27.3. The number of alkyl halides is 2. The molecule has 0 radical (unpaired) electrons. The van der Waals surface area contributed by atoms with Crippen LogP contribution in [0.1, 0.15) is 60.9 Å². The molecule has 3 atom stereocenters. The number of amides is 2. The van der Waals surface area contributed by atoms with Crippen LogP contribution in [-0.2, 0) is 4.79 Å². The summed E-state index contributed by atoms with van der Waals surface area (Å²) in [4.78, 5) is 30.5. The Bertz CT molecular complexity index is 1140. The van der Waals surface area contributed by atoms with Gasteiger partial charge in [0.1, 0.15) is 0 Å². The van der Waals surface area contributed by atoms with E-state index in [9.17, 15) is 18.4 Å². The van der Waals surface area contributed by atoms with Crippen LogP contribution in [0.4, 0.5) is 8.78 Å². The van der Waals surface area contributed by atoms with Crippen molar-refractivity contribution in [1.82, 2.24) is 20.4 Å². The monoisotopic (exact) mass is 594 g/mol. The second-order valence-electron chi connectivity index (χ2n) is 10.8. The number of carbonyl (C=O) groups is 2. The average molecular weight is 596 g/mol.